The molecule has 1 fully saturated rings. The molecule has 12 heavy (non-hydrogen) atoms. The fourth-order valence-corrected chi connectivity index (χ4v) is 2.08. The Bertz CT molecular complexity index is 347. The lowest BCUT2D eigenvalue weighted by atomic mass is 10.2. The maximum Gasteiger partial charge on any atom is 0.151 e. The van der Waals surface area contributed by atoms with Crippen LogP contribution >= 0.6 is 0 Å². The second-order valence-electron chi connectivity index (χ2n) is 3.00. The van der Waals surface area contributed by atoms with Gasteiger partial charge >= 0.3 is 0 Å². The Balaban J connectivity index is 2.44. The van der Waals surface area contributed by atoms with Gasteiger partial charge in [-0.25, -0.2) is 8.42 Å². The van der Waals surface area contributed by atoms with Crippen molar-refractivity contribution >= 4 is 10.7 Å². The molecule has 3 nitrogen and oxygen atoms in total. The lowest BCUT2D eigenvalue weighted by Gasteiger charge is -2.04. The first-order valence-electron chi connectivity index (χ1n) is 3.82. The summed E-state index contributed by atoms with van der Waals surface area (Å²) in [5.74, 6) is 0. The van der Waals surface area contributed by atoms with Crippen molar-refractivity contribution in [2.75, 3.05) is 0 Å². The molecule has 1 heterocycles. The largest absolute Gasteiger partial charge is 0.260 e. The minimum atomic E-state index is -2.37. The van der Waals surface area contributed by atoms with Crippen LogP contribution in [0, 0.1) is 0 Å². The van der Waals surface area contributed by atoms with E-state index in [4.69, 9.17) is 0 Å². The number of thiol groups is 1. The van der Waals surface area contributed by atoms with Crippen LogP contribution in [0.15, 0.2) is 24.4 Å². The minimum Gasteiger partial charge on any atom is -0.260 e. The summed E-state index contributed by atoms with van der Waals surface area (Å²) >= 11 is 0. The van der Waals surface area contributed by atoms with Crippen molar-refractivity contribution < 1.29 is 8.42 Å². The topological polar surface area (TPSA) is 47.0 Å². The van der Waals surface area contributed by atoms with Gasteiger partial charge in [-0.1, -0.05) is 6.07 Å². The van der Waals surface area contributed by atoms with Crippen molar-refractivity contribution in [1.29, 1.82) is 0 Å². The second-order valence-corrected chi connectivity index (χ2v) is 4.37. The summed E-state index contributed by atoms with van der Waals surface area (Å²) in [7, 11) is -2.37. The Morgan fingerprint density at radius 3 is 2.50 bits per heavy atom. The number of aromatic nitrogens is 1. The van der Waals surface area contributed by atoms with Crippen LogP contribution in [0.25, 0.3) is 0 Å². The molecule has 0 atom stereocenters. The van der Waals surface area contributed by atoms with Gasteiger partial charge < -0.3 is 0 Å². The average Bonchev–Trinajstić information content (AvgIpc) is 2.86. The molecule has 64 valence electrons. The van der Waals surface area contributed by atoms with Crippen LogP contribution in [0.4, 0.5) is 0 Å². The van der Waals surface area contributed by atoms with E-state index in [1.807, 2.05) is 6.07 Å². The normalized spacial score (nSPS) is 19.4. The zero-order valence-corrected chi connectivity index (χ0v) is 7.33. The molecule has 0 bridgehead atoms. The molecule has 1 aromatic heterocycles. The zero-order chi connectivity index (χ0) is 8.60. The van der Waals surface area contributed by atoms with Crippen LogP contribution in [-0.2, 0) is 15.5 Å². The van der Waals surface area contributed by atoms with Crippen molar-refractivity contribution in [3.63, 3.8) is 0 Å². The van der Waals surface area contributed by atoms with Gasteiger partial charge in [0.15, 0.2) is 10.7 Å². The lowest BCUT2D eigenvalue weighted by Crippen LogP contribution is -2.09. The first-order chi connectivity index (χ1) is 5.76. The number of hydrogen-bond donors (Lipinski definition) is 1. The van der Waals surface area contributed by atoms with Crippen molar-refractivity contribution in [3.05, 3.63) is 30.1 Å². The van der Waals surface area contributed by atoms with Gasteiger partial charge in [-0.2, -0.15) is 0 Å². The summed E-state index contributed by atoms with van der Waals surface area (Å²) in [5, 5.41) is 0. The van der Waals surface area contributed by atoms with Gasteiger partial charge in [0.2, 0.25) is 0 Å². The number of nitrogens with zero attached hydrogens (tertiary/aromatic N) is 1. The molecule has 1 aliphatic rings. The van der Waals surface area contributed by atoms with Crippen LogP contribution < -0.4 is 0 Å². The highest BCUT2D eigenvalue weighted by Crippen LogP contribution is 2.47. The maximum absolute atomic E-state index is 10.9. The molecular weight excluding hydrogens is 174 g/mol. The summed E-state index contributed by atoms with van der Waals surface area (Å²) in [4.78, 5) is 4.05. The molecule has 1 aromatic rings. The van der Waals surface area contributed by atoms with E-state index >= 15 is 0 Å². The smallest absolute Gasteiger partial charge is 0.151 e. The first kappa shape index (κ1) is 7.73. The average molecular weight is 183 g/mol. The van der Waals surface area contributed by atoms with Gasteiger partial charge in [0, 0.05) is 6.20 Å². The van der Waals surface area contributed by atoms with E-state index in [2.05, 4.69) is 4.98 Å². The molecule has 1 aliphatic carbocycles. The standard InChI is InChI=1S/C8H9NO2S/c10-12(11)8(4-5-8)7-3-1-2-6-9-7/h1-3,6,12H,4-5H2. The number of rotatable bonds is 2. The molecular formula is C8H9NO2S. The number of pyridine rings is 1. The molecule has 0 radical (unpaired) electrons. The predicted molar refractivity (Wildman–Crippen MR) is 45.5 cm³/mol. The zero-order valence-electron chi connectivity index (χ0n) is 6.43. The van der Waals surface area contributed by atoms with E-state index in [0.29, 0.717) is 5.69 Å². The van der Waals surface area contributed by atoms with Crippen LogP contribution in [0.1, 0.15) is 18.5 Å². The van der Waals surface area contributed by atoms with E-state index in [1.54, 1.807) is 18.3 Å². The van der Waals surface area contributed by atoms with Crippen molar-refractivity contribution in [1.82, 2.24) is 4.98 Å². The molecule has 0 N–H and O–H groups in total. The van der Waals surface area contributed by atoms with E-state index < -0.39 is 15.5 Å². The Morgan fingerprint density at radius 2 is 2.08 bits per heavy atom. The summed E-state index contributed by atoms with van der Waals surface area (Å²) in [6.07, 6.45) is 3.08. The van der Waals surface area contributed by atoms with Crippen LogP contribution in [0.3, 0.4) is 0 Å². The highest BCUT2D eigenvalue weighted by Gasteiger charge is 2.49. The van der Waals surface area contributed by atoms with Crippen molar-refractivity contribution in [2.45, 2.75) is 17.6 Å². The Labute approximate surface area is 72.4 Å². The minimum absolute atomic E-state index is 0.614. The van der Waals surface area contributed by atoms with Gasteiger partial charge in [0.1, 0.15) is 4.75 Å². The molecule has 1 saturated carbocycles. The molecule has 0 aliphatic heterocycles. The van der Waals surface area contributed by atoms with Gasteiger partial charge in [-0.15, -0.1) is 0 Å². The van der Waals surface area contributed by atoms with Crippen LogP contribution in [0.5, 0.6) is 0 Å². The molecule has 0 spiro atoms. The Hall–Kier alpha value is -0.900. The van der Waals surface area contributed by atoms with Crippen LogP contribution in [0.2, 0.25) is 0 Å². The highest BCUT2D eigenvalue weighted by molar-refractivity contribution is 7.73. The van der Waals surface area contributed by atoms with E-state index in [-0.39, 0.29) is 0 Å². The fourth-order valence-electron chi connectivity index (χ4n) is 1.29. The highest BCUT2D eigenvalue weighted by atomic mass is 32.2. The van der Waals surface area contributed by atoms with Gasteiger partial charge in [-0.05, 0) is 25.0 Å². The molecule has 0 saturated heterocycles. The SMILES string of the molecule is O=[SH](=O)C1(c2ccccn2)CC1. The number of hydrogen-bond acceptors (Lipinski definition) is 3. The Morgan fingerprint density at radius 1 is 1.33 bits per heavy atom. The third-order valence-electron chi connectivity index (χ3n) is 2.21. The van der Waals surface area contributed by atoms with E-state index in [0.717, 1.165) is 12.8 Å². The molecule has 0 unspecified atom stereocenters. The third-order valence-corrected chi connectivity index (χ3v) is 3.59. The molecule has 0 amide bonds. The predicted octanol–water partition coefficient (Wildman–Crippen LogP) is 0.682. The van der Waals surface area contributed by atoms with Gasteiger partial charge in [0.05, 0.1) is 5.69 Å². The van der Waals surface area contributed by atoms with Gasteiger partial charge in [0.25, 0.3) is 0 Å². The third kappa shape index (κ3) is 1.03. The summed E-state index contributed by atoms with van der Waals surface area (Å²) in [5.41, 5.74) is 0.695. The molecule has 2 rings (SSSR count). The lowest BCUT2D eigenvalue weighted by molar-refractivity contribution is 0.598. The maximum atomic E-state index is 10.9. The molecule has 0 aromatic carbocycles. The summed E-state index contributed by atoms with van der Waals surface area (Å²) in [6, 6.07) is 5.39. The quantitative estimate of drug-likeness (QED) is 0.686. The summed E-state index contributed by atoms with van der Waals surface area (Å²) < 4.78 is 21.1. The fraction of sp³-hybridized carbons (Fsp3) is 0.375. The first-order valence-corrected chi connectivity index (χ1v) is 4.99. The Kier molecular flexibility index (Phi) is 1.65. The van der Waals surface area contributed by atoms with Crippen molar-refractivity contribution in [3.8, 4) is 0 Å². The summed E-state index contributed by atoms with van der Waals surface area (Å²) in [6.45, 7) is 0. The van der Waals surface area contributed by atoms with Crippen molar-refractivity contribution in [2.24, 2.45) is 0 Å². The molecule has 4 heteroatoms. The van der Waals surface area contributed by atoms with Crippen LogP contribution in [-0.4, -0.2) is 13.4 Å². The van der Waals surface area contributed by atoms with Gasteiger partial charge in [-0.3, -0.25) is 4.98 Å². The second kappa shape index (κ2) is 2.55. The van der Waals surface area contributed by atoms with E-state index in [1.165, 1.54) is 0 Å². The van der Waals surface area contributed by atoms with E-state index in [9.17, 15) is 8.42 Å². The monoisotopic (exact) mass is 183 g/mol.